The van der Waals surface area contributed by atoms with Gasteiger partial charge in [0.05, 0.1) is 10.6 Å². The largest absolute Gasteiger partial charge is 0.478 e. The molecule has 0 aromatic heterocycles. The normalized spacial score (nSPS) is 10.7. The zero-order chi connectivity index (χ0) is 17.0. The Labute approximate surface area is 138 Å². The summed E-state index contributed by atoms with van der Waals surface area (Å²) in [7, 11) is 0. The molecular formula is C17H14ClFN2O2. The summed E-state index contributed by atoms with van der Waals surface area (Å²) >= 11 is 5.85. The van der Waals surface area contributed by atoms with Gasteiger partial charge in [0.2, 0.25) is 0 Å². The molecule has 0 aliphatic rings. The lowest BCUT2D eigenvalue weighted by molar-refractivity contribution is -0.128. The number of rotatable bonds is 4. The van der Waals surface area contributed by atoms with E-state index in [1.54, 1.807) is 19.9 Å². The highest BCUT2D eigenvalue weighted by Gasteiger charge is 2.30. The second kappa shape index (κ2) is 6.67. The molecule has 2 aromatic carbocycles. The molecule has 2 aromatic rings. The van der Waals surface area contributed by atoms with Gasteiger partial charge in [-0.2, -0.15) is 5.26 Å². The van der Waals surface area contributed by atoms with Crippen LogP contribution in [0.15, 0.2) is 42.5 Å². The van der Waals surface area contributed by atoms with Gasteiger partial charge < -0.3 is 10.1 Å². The molecule has 0 saturated heterocycles. The number of nitrogens with zero attached hydrogens (tertiary/aromatic N) is 1. The molecule has 0 atom stereocenters. The monoisotopic (exact) mass is 332 g/mol. The van der Waals surface area contributed by atoms with Crippen molar-refractivity contribution in [2.24, 2.45) is 0 Å². The number of carbonyl (C=O) groups excluding carboxylic acids is 1. The van der Waals surface area contributed by atoms with Crippen molar-refractivity contribution in [3.63, 3.8) is 0 Å². The van der Waals surface area contributed by atoms with Gasteiger partial charge in [-0.3, -0.25) is 4.79 Å². The number of hydrogen-bond acceptors (Lipinski definition) is 3. The second-order valence-electron chi connectivity index (χ2n) is 5.33. The number of nitrogens with one attached hydrogen (secondary N) is 1. The zero-order valence-corrected chi connectivity index (χ0v) is 13.3. The number of anilines is 1. The summed E-state index contributed by atoms with van der Waals surface area (Å²) in [6.07, 6.45) is 0. The van der Waals surface area contributed by atoms with E-state index in [1.807, 2.05) is 6.07 Å². The third-order valence-electron chi connectivity index (χ3n) is 3.08. The van der Waals surface area contributed by atoms with Gasteiger partial charge in [-0.05, 0) is 56.3 Å². The van der Waals surface area contributed by atoms with Crippen LogP contribution in [0.4, 0.5) is 10.1 Å². The van der Waals surface area contributed by atoms with Crippen LogP contribution in [0.25, 0.3) is 0 Å². The highest BCUT2D eigenvalue weighted by molar-refractivity contribution is 6.31. The molecule has 0 unspecified atom stereocenters. The Balaban J connectivity index is 2.12. The summed E-state index contributed by atoms with van der Waals surface area (Å²) in [5.74, 6) is -0.418. The van der Waals surface area contributed by atoms with E-state index in [4.69, 9.17) is 21.6 Å². The predicted molar refractivity (Wildman–Crippen MR) is 85.9 cm³/mol. The van der Waals surface area contributed by atoms with Crippen molar-refractivity contribution in [2.75, 3.05) is 5.32 Å². The summed E-state index contributed by atoms with van der Waals surface area (Å²) in [6.45, 7) is 3.18. The van der Waals surface area contributed by atoms with Gasteiger partial charge in [0, 0.05) is 5.69 Å². The summed E-state index contributed by atoms with van der Waals surface area (Å²) < 4.78 is 18.5. The lowest BCUT2D eigenvalue weighted by atomic mass is 10.1. The van der Waals surface area contributed by atoms with Crippen LogP contribution in [0.2, 0.25) is 5.02 Å². The Bertz CT molecular complexity index is 767. The zero-order valence-electron chi connectivity index (χ0n) is 12.6. The molecule has 0 saturated carbocycles. The number of ether oxygens (including phenoxy) is 1. The molecule has 0 aliphatic carbocycles. The fourth-order valence-corrected chi connectivity index (χ4v) is 1.97. The van der Waals surface area contributed by atoms with Crippen LogP contribution >= 0.6 is 11.6 Å². The lowest BCUT2D eigenvalue weighted by Gasteiger charge is -2.25. The van der Waals surface area contributed by atoms with Crippen LogP contribution in [0.1, 0.15) is 19.4 Å². The average molecular weight is 333 g/mol. The molecule has 6 heteroatoms. The predicted octanol–water partition coefficient (Wildman–Crippen LogP) is 4.15. The van der Waals surface area contributed by atoms with Crippen LogP contribution < -0.4 is 10.1 Å². The van der Waals surface area contributed by atoms with Gasteiger partial charge in [0.25, 0.3) is 5.91 Å². The molecule has 0 heterocycles. The third-order valence-corrected chi connectivity index (χ3v) is 3.41. The quantitative estimate of drug-likeness (QED) is 0.915. The highest BCUT2D eigenvalue weighted by atomic mass is 35.5. The molecule has 0 radical (unpaired) electrons. The van der Waals surface area contributed by atoms with Gasteiger partial charge in [-0.25, -0.2) is 4.39 Å². The van der Waals surface area contributed by atoms with Crippen molar-refractivity contribution in [3.05, 3.63) is 58.9 Å². The summed E-state index contributed by atoms with van der Waals surface area (Å²) in [5.41, 5.74) is -0.488. The van der Waals surface area contributed by atoms with Crippen LogP contribution in [0.5, 0.6) is 5.75 Å². The van der Waals surface area contributed by atoms with E-state index in [0.29, 0.717) is 16.5 Å². The first-order chi connectivity index (χ1) is 10.8. The van der Waals surface area contributed by atoms with Crippen molar-refractivity contribution in [1.29, 1.82) is 5.26 Å². The second-order valence-corrected chi connectivity index (χ2v) is 5.73. The molecule has 2 rings (SSSR count). The molecule has 0 fully saturated rings. The van der Waals surface area contributed by atoms with E-state index in [-0.39, 0.29) is 11.4 Å². The van der Waals surface area contributed by atoms with Crippen molar-refractivity contribution < 1.29 is 13.9 Å². The molecule has 118 valence electrons. The van der Waals surface area contributed by atoms with E-state index in [1.165, 1.54) is 36.4 Å². The Kier molecular flexibility index (Phi) is 4.87. The molecule has 1 amide bonds. The van der Waals surface area contributed by atoms with Gasteiger partial charge in [0.15, 0.2) is 5.60 Å². The van der Waals surface area contributed by atoms with Crippen molar-refractivity contribution >= 4 is 23.2 Å². The van der Waals surface area contributed by atoms with Crippen molar-refractivity contribution in [2.45, 2.75) is 19.4 Å². The van der Waals surface area contributed by atoms with Crippen LogP contribution in [-0.4, -0.2) is 11.5 Å². The Hall–Kier alpha value is -2.58. The number of halogens is 2. The van der Waals surface area contributed by atoms with Gasteiger partial charge in [-0.1, -0.05) is 11.6 Å². The smallest absolute Gasteiger partial charge is 0.267 e. The van der Waals surface area contributed by atoms with E-state index in [9.17, 15) is 9.18 Å². The van der Waals surface area contributed by atoms with Gasteiger partial charge >= 0.3 is 0 Å². The average Bonchev–Trinajstić information content (AvgIpc) is 2.51. The number of hydrogen-bond donors (Lipinski definition) is 1. The topological polar surface area (TPSA) is 62.1 Å². The highest BCUT2D eigenvalue weighted by Crippen LogP contribution is 2.23. The summed E-state index contributed by atoms with van der Waals surface area (Å²) in [6, 6.07) is 11.9. The van der Waals surface area contributed by atoms with Crippen molar-refractivity contribution in [1.82, 2.24) is 0 Å². The fraction of sp³-hybridized carbons (Fsp3) is 0.176. The first-order valence-corrected chi connectivity index (χ1v) is 7.15. The number of carbonyl (C=O) groups is 1. The summed E-state index contributed by atoms with van der Waals surface area (Å²) in [4.78, 5) is 12.4. The molecule has 1 N–H and O–H groups in total. The Morgan fingerprint density at radius 1 is 1.26 bits per heavy atom. The fourth-order valence-electron chi connectivity index (χ4n) is 1.81. The van der Waals surface area contributed by atoms with Gasteiger partial charge in [0.1, 0.15) is 17.6 Å². The lowest BCUT2D eigenvalue weighted by Crippen LogP contribution is -2.42. The van der Waals surface area contributed by atoms with Gasteiger partial charge in [-0.15, -0.1) is 0 Å². The molecular weight excluding hydrogens is 319 g/mol. The molecule has 23 heavy (non-hydrogen) atoms. The van der Waals surface area contributed by atoms with Crippen LogP contribution in [0, 0.1) is 17.1 Å². The van der Waals surface area contributed by atoms with Crippen LogP contribution in [0.3, 0.4) is 0 Å². The number of nitriles is 1. The van der Waals surface area contributed by atoms with Crippen LogP contribution in [-0.2, 0) is 4.79 Å². The molecule has 0 aliphatic heterocycles. The molecule has 0 bridgehead atoms. The minimum absolute atomic E-state index is 0.265. The standard InChI is InChI=1S/C17H14ClFN2O2/c1-17(2,23-14-6-3-12(19)4-7-14)16(22)21-13-5-8-15(18)11(9-13)10-20/h3-9H,1-2H3,(H,21,22). The maximum Gasteiger partial charge on any atom is 0.267 e. The van der Waals surface area contributed by atoms with E-state index >= 15 is 0 Å². The molecule has 4 nitrogen and oxygen atoms in total. The summed E-state index contributed by atoms with van der Waals surface area (Å²) in [5, 5.41) is 11.9. The third kappa shape index (κ3) is 4.21. The Morgan fingerprint density at radius 3 is 2.52 bits per heavy atom. The number of amides is 1. The van der Waals surface area contributed by atoms with Crippen molar-refractivity contribution in [3.8, 4) is 11.8 Å². The maximum atomic E-state index is 12.9. The first kappa shape index (κ1) is 16.8. The first-order valence-electron chi connectivity index (χ1n) is 6.77. The minimum Gasteiger partial charge on any atom is -0.478 e. The minimum atomic E-state index is -1.19. The molecule has 0 spiro atoms. The SMILES string of the molecule is CC(C)(Oc1ccc(F)cc1)C(=O)Nc1ccc(Cl)c(C#N)c1. The Morgan fingerprint density at radius 2 is 1.91 bits per heavy atom. The van der Waals surface area contributed by atoms with E-state index in [0.717, 1.165) is 0 Å². The van der Waals surface area contributed by atoms with E-state index < -0.39 is 11.5 Å². The van der Waals surface area contributed by atoms with E-state index in [2.05, 4.69) is 5.32 Å². The maximum absolute atomic E-state index is 12.9. The number of benzene rings is 2.